The summed E-state index contributed by atoms with van der Waals surface area (Å²) >= 11 is 0. The summed E-state index contributed by atoms with van der Waals surface area (Å²) in [7, 11) is 18.3. The first kappa shape index (κ1) is 86.6. The first-order valence-corrected chi connectivity index (χ1v) is 41.0. The minimum Gasteiger partial charge on any atom is -0.493 e. The van der Waals surface area contributed by atoms with Gasteiger partial charge in [0.2, 0.25) is 23.0 Å². The number of benzene rings is 12. The van der Waals surface area contributed by atoms with Crippen LogP contribution in [0.4, 0.5) is 0 Å². The number of H-pyrrole nitrogens is 2. The van der Waals surface area contributed by atoms with Crippen LogP contribution in [-0.4, -0.2) is 148 Å². The van der Waals surface area contributed by atoms with Gasteiger partial charge in [0.05, 0.1) is 85.3 Å². The van der Waals surface area contributed by atoms with E-state index >= 15 is 0 Å². The van der Waals surface area contributed by atoms with Crippen LogP contribution < -0.4 is 75.8 Å². The van der Waals surface area contributed by atoms with E-state index in [1.54, 1.807) is 194 Å². The number of hydrogen-bond donors (Lipinski definition) is 2. The number of nitrogens with one attached hydrogen (secondary N) is 2. The highest BCUT2D eigenvalue weighted by molar-refractivity contribution is 6.11. The molecule has 17 rings (SSSR count). The van der Waals surface area contributed by atoms with E-state index in [1.807, 2.05) is 48.5 Å². The molecule has 0 atom stereocenters. The molecule has 0 aliphatic carbocycles. The molecule has 8 bridgehead atoms. The van der Waals surface area contributed by atoms with Crippen LogP contribution in [0.15, 0.2) is 243 Å². The topological polar surface area (TPSA) is 325 Å². The fraction of sp³-hybridized carbons (Fsp3) is 0.115. The maximum absolute atomic E-state index is 13.7. The molecule has 28 nitrogen and oxygen atoms in total. The number of aromatic amines is 2. The number of hydrogen-bond acceptors (Lipinski definition) is 26. The summed E-state index contributed by atoms with van der Waals surface area (Å²) in [5.41, 5.74) is 7.83. The second-order valence-electron chi connectivity index (χ2n) is 29.6. The zero-order valence-electron chi connectivity index (χ0n) is 73.3. The van der Waals surface area contributed by atoms with Crippen LogP contribution in [0.2, 0.25) is 0 Å². The van der Waals surface area contributed by atoms with E-state index in [4.69, 9.17) is 106 Å². The van der Waals surface area contributed by atoms with Crippen molar-refractivity contribution in [1.82, 2.24) is 39.9 Å². The lowest BCUT2D eigenvalue weighted by Crippen LogP contribution is -1.96. The van der Waals surface area contributed by atoms with Gasteiger partial charge in [-0.3, -0.25) is 19.2 Å². The largest absolute Gasteiger partial charge is 0.493 e. The predicted octanol–water partition coefficient (Wildman–Crippen LogP) is 21.7. The summed E-state index contributed by atoms with van der Waals surface area (Å²) in [5, 5.41) is 2.35. The molecule has 0 saturated carbocycles. The summed E-state index contributed by atoms with van der Waals surface area (Å²) in [6, 6.07) is 63.0. The van der Waals surface area contributed by atoms with Gasteiger partial charge in [0.1, 0.15) is 68.6 Å². The van der Waals surface area contributed by atoms with Gasteiger partial charge >= 0.3 is 0 Å². The summed E-state index contributed by atoms with van der Waals surface area (Å²) in [4.78, 5) is 93.9. The molecule has 132 heavy (non-hydrogen) atoms. The highest BCUT2D eigenvalue weighted by atomic mass is 16.6. The second kappa shape index (κ2) is 37.9. The van der Waals surface area contributed by atoms with Crippen LogP contribution in [0, 0.1) is 0 Å². The van der Waals surface area contributed by atoms with Crippen molar-refractivity contribution in [1.29, 1.82) is 0 Å². The Morgan fingerprint density at radius 1 is 0.220 bits per heavy atom. The van der Waals surface area contributed by atoms with E-state index in [2.05, 4.69) is 9.97 Å². The maximum atomic E-state index is 13.7. The van der Waals surface area contributed by atoms with Crippen molar-refractivity contribution >= 4 is 91.6 Å². The molecule has 0 unspecified atom stereocenters. The molecule has 0 saturated heterocycles. The molecule has 2 aliphatic rings. The normalized spacial score (nSPS) is 11.5. The Hall–Kier alpha value is -17.6. The van der Waals surface area contributed by atoms with Crippen molar-refractivity contribution in [3.8, 4) is 161 Å². The monoisotopic (exact) mass is 1760 g/mol. The number of ether oxygens (including phenoxy) is 16. The van der Waals surface area contributed by atoms with Gasteiger partial charge in [0, 0.05) is 66.1 Å². The van der Waals surface area contributed by atoms with E-state index in [-0.39, 0.29) is 46.4 Å². The zero-order valence-corrected chi connectivity index (χ0v) is 73.3. The Kier molecular flexibility index (Phi) is 24.9. The number of aromatic nitrogens is 8. The maximum Gasteiger partial charge on any atom is 0.203 e. The number of allylic oxidation sites excluding steroid dienone is 4. The molecule has 0 fully saturated rings. The van der Waals surface area contributed by atoms with Gasteiger partial charge < -0.3 is 85.8 Å². The van der Waals surface area contributed by atoms with Crippen LogP contribution in [0.25, 0.3) is 114 Å². The third kappa shape index (κ3) is 18.0. The number of methoxy groups -OCH3 is 12. The van der Waals surface area contributed by atoms with Gasteiger partial charge in [0.25, 0.3) is 0 Å². The molecule has 12 aromatic carbocycles. The number of nitrogens with zero attached hydrogens (tertiary/aromatic N) is 6. The third-order valence-corrected chi connectivity index (χ3v) is 21.7. The molecule has 2 aliphatic heterocycles. The van der Waals surface area contributed by atoms with E-state index in [0.717, 1.165) is 0 Å². The number of carbonyl (C=O) groups excluding carboxylic acids is 4. The third-order valence-electron chi connectivity index (χ3n) is 21.7. The van der Waals surface area contributed by atoms with Crippen molar-refractivity contribution < 1.29 is 95.0 Å². The van der Waals surface area contributed by atoms with E-state index in [0.29, 0.717) is 226 Å². The van der Waals surface area contributed by atoms with Crippen LogP contribution in [-0.2, 0) is 0 Å². The number of ketones is 4. The predicted molar refractivity (Wildman–Crippen MR) is 500 cm³/mol. The smallest absolute Gasteiger partial charge is 0.203 e. The van der Waals surface area contributed by atoms with E-state index in [9.17, 15) is 19.2 Å². The Morgan fingerprint density at radius 2 is 0.432 bits per heavy atom. The molecule has 0 amide bonds. The molecule has 0 radical (unpaired) electrons. The summed E-state index contributed by atoms with van der Waals surface area (Å²) < 4.78 is 92.7. The second-order valence-corrected chi connectivity index (χ2v) is 29.6. The minimum absolute atomic E-state index is 0.241. The number of carbonyl (C=O) groups is 4. The Bertz CT molecular complexity index is 6850. The van der Waals surface area contributed by atoms with Crippen LogP contribution in [0.3, 0.4) is 0 Å². The fourth-order valence-corrected chi connectivity index (χ4v) is 15.1. The van der Waals surface area contributed by atoms with Crippen molar-refractivity contribution in [3.63, 3.8) is 0 Å². The summed E-state index contributed by atoms with van der Waals surface area (Å²) in [6.07, 6.45) is 12.5. The lowest BCUT2D eigenvalue weighted by Gasteiger charge is -2.12. The summed E-state index contributed by atoms with van der Waals surface area (Å²) in [6.45, 7) is 0. The fourth-order valence-electron chi connectivity index (χ4n) is 15.1. The van der Waals surface area contributed by atoms with Crippen molar-refractivity contribution in [2.75, 3.05) is 85.3 Å². The molecule has 658 valence electrons. The summed E-state index contributed by atoms with van der Waals surface area (Å²) in [5.74, 6) is 8.53. The van der Waals surface area contributed by atoms with E-state index < -0.39 is 0 Å². The average molecular weight is 1760 g/mol. The molecule has 5 heterocycles. The SMILES string of the molecule is COc1cc(/C=C/C(=O)c2ccc(Oc3ccc4c(c3)-c3nc-4nc4[nH]c(nc5nc(nc6[nH]c(n3)c3ccc(Oc7ccc(C(=O)/C=C/c8cc(OC)c(OC)c(OC)c8)cc7)cc63)-c3ccc(Oc6ccc(C(=O)/C=C/c7cc(OC)c(OC)c(OC)c7)cc6)cc3-5)c3ccc(Oc5ccc(C(=O)/C=C/c6cc(OC)c(OC)c(OC)c6)cc5)cc43)cc2)cc(OC)c1OC. The van der Waals surface area contributed by atoms with Crippen LogP contribution >= 0.6 is 0 Å². The van der Waals surface area contributed by atoms with Gasteiger partial charge in [-0.1, -0.05) is 24.3 Å². The number of rotatable bonds is 32. The average Bonchev–Trinajstić information content (AvgIpc) is 1.59. The van der Waals surface area contributed by atoms with Gasteiger partial charge in [-0.05, 0) is 265 Å². The molecule has 2 N–H and O–H groups in total. The lowest BCUT2D eigenvalue weighted by molar-refractivity contribution is 0.103. The zero-order chi connectivity index (χ0) is 91.8. The highest BCUT2D eigenvalue weighted by Gasteiger charge is 2.27. The lowest BCUT2D eigenvalue weighted by atomic mass is 10.1. The van der Waals surface area contributed by atoms with Gasteiger partial charge in [-0.25, -0.2) is 29.9 Å². The highest BCUT2D eigenvalue weighted by Crippen LogP contribution is 2.47. The molecule has 0 spiro atoms. The first-order valence-electron chi connectivity index (χ1n) is 41.0. The molecular formula is C104H82N8O20. The Labute approximate surface area is 755 Å². The van der Waals surface area contributed by atoms with Crippen molar-refractivity contribution in [2.45, 2.75) is 0 Å². The van der Waals surface area contributed by atoms with Crippen molar-refractivity contribution in [2.24, 2.45) is 0 Å². The van der Waals surface area contributed by atoms with Crippen LogP contribution in [0.1, 0.15) is 63.7 Å². The molecule has 15 aromatic rings. The van der Waals surface area contributed by atoms with E-state index in [1.165, 1.54) is 110 Å². The first-order chi connectivity index (χ1) is 64.4. The minimum atomic E-state index is -0.263. The van der Waals surface area contributed by atoms with Crippen molar-refractivity contribution in [3.05, 3.63) is 287 Å². The van der Waals surface area contributed by atoms with Gasteiger partial charge in [0.15, 0.2) is 92.4 Å². The standard InChI is InChI=1S/C104H82N8O20/c1-117-85-45-57(46-86(118-2)93(85)125-9)13-41-81(113)61-17-25-65(26-18-61)129-69-33-37-73-77(53-69)101-105-97(73)110-102-79-55-71(131-67-29-21-63(22-30-67)83(115)43-15-59-49-89(121-5)95(127-11)90(50-59)122-6)35-39-75(79)99(107-102)112-104-80-56-72(132-68-31-23-64(24-32-68)84(116)44-16-60-51-91(123-7)96(128-12)92(52-60)124-8)36-40-76(80)100(108-104)111-103-78-54-70(34-38-74(78)98(106-103)109-101)130-66-27-19-62(20-28-66)82(114)42-14-58-47-87(119-3)94(126-10)88(48-58)120-4/h13-56H,1-12H3,(H2,105,106,107,108,109,110,111,112)/b41-13+,42-14+,43-15+,44-16+. The molecule has 28 heteroatoms. The quantitative estimate of drug-likeness (QED) is 0.0292. The molecular weight excluding hydrogens is 1680 g/mol. The number of fused-ring (bicyclic) bond motifs is 20. The molecule has 3 aromatic heterocycles. The van der Waals surface area contributed by atoms with Gasteiger partial charge in [-0.15, -0.1) is 0 Å². The van der Waals surface area contributed by atoms with Crippen LogP contribution in [0.5, 0.6) is 115 Å². The Morgan fingerprint density at radius 3 is 0.667 bits per heavy atom. The van der Waals surface area contributed by atoms with Gasteiger partial charge in [-0.2, -0.15) is 0 Å². The Balaban J connectivity index is 0.759.